The maximum Gasteiger partial charge on any atom is 0.126 e. The lowest BCUT2D eigenvalue weighted by molar-refractivity contribution is 0.421. The van der Waals surface area contributed by atoms with E-state index in [1.807, 2.05) is 31.4 Å². The molecule has 0 spiro atoms. The van der Waals surface area contributed by atoms with Gasteiger partial charge < -0.3 is 10.3 Å². The average Bonchev–Trinajstić information content (AvgIpc) is 2.80. The highest BCUT2D eigenvalue weighted by atomic mass is 15.0. The third kappa shape index (κ3) is 1.97. The van der Waals surface area contributed by atoms with Crippen LogP contribution in [0.2, 0.25) is 0 Å². The summed E-state index contributed by atoms with van der Waals surface area (Å²) in [5.41, 5.74) is 1.69. The van der Waals surface area contributed by atoms with Crippen LogP contribution >= 0.6 is 0 Å². The predicted octanol–water partition coefficient (Wildman–Crippen LogP) is 1.93. The van der Waals surface area contributed by atoms with E-state index in [0.29, 0.717) is 0 Å². The second-order valence-electron chi connectivity index (χ2n) is 4.24. The van der Waals surface area contributed by atoms with Crippen LogP contribution in [0.1, 0.15) is 19.7 Å². The summed E-state index contributed by atoms with van der Waals surface area (Å²) in [4.78, 5) is 11.9. The van der Waals surface area contributed by atoms with Gasteiger partial charge in [-0.2, -0.15) is 0 Å². The van der Waals surface area contributed by atoms with Crippen molar-refractivity contribution in [2.75, 3.05) is 7.05 Å². The molecule has 16 heavy (non-hydrogen) atoms. The summed E-state index contributed by atoms with van der Waals surface area (Å²) < 4.78 is 0. The lowest BCUT2D eigenvalue weighted by Gasteiger charge is -2.20. The number of H-pyrrole nitrogens is 1. The van der Waals surface area contributed by atoms with Crippen molar-refractivity contribution in [2.45, 2.75) is 19.4 Å². The highest BCUT2D eigenvalue weighted by Gasteiger charge is 2.21. The van der Waals surface area contributed by atoms with Gasteiger partial charge in [-0.3, -0.25) is 4.98 Å². The summed E-state index contributed by atoms with van der Waals surface area (Å²) in [5.74, 6) is 0.913. The molecule has 0 saturated heterocycles. The first-order valence-electron chi connectivity index (χ1n) is 5.29. The molecular weight excluding hydrogens is 200 g/mol. The molecule has 2 heterocycles. The monoisotopic (exact) mass is 216 g/mol. The van der Waals surface area contributed by atoms with Crippen LogP contribution in [-0.2, 0) is 5.54 Å². The number of imidazole rings is 1. The van der Waals surface area contributed by atoms with E-state index in [9.17, 15) is 0 Å². The van der Waals surface area contributed by atoms with Crippen LogP contribution < -0.4 is 5.32 Å². The highest BCUT2D eigenvalue weighted by molar-refractivity contribution is 5.52. The first kappa shape index (κ1) is 10.8. The largest absolute Gasteiger partial charge is 0.339 e. The number of aromatic nitrogens is 3. The molecule has 2 aromatic rings. The van der Waals surface area contributed by atoms with E-state index in [1.54, 1.807) is 6.20 Å². The molecule has 0 saturated carbocycles. The van der Waals surface area contributed by atoms with E-state index >= 15 is 0 Å². The highest BCUT2D eigenvalue weighted by Crippen LogP contribution is 2.20. The molecule has 0 aromatic carbocycles. The third-order valence-corrected chi connectivity index (χ3v) is 2.73. The molecule has 0 aliphatic heterocycles. The zero-order valence-corrected chi connectivity index (χ0v) is 9.78. The van der Waals surface area contributed by atoms with Crippen molar-refractivity contribution < 1.29 is 0 Å². The third-order valence-electron chi connectivity index (χ3n) is 2.73. The number of aromatic amines is 1. The zero-order valence-electron chi connectivity index (χ0n) is 9.78. The molecule has 0 atom stereocenters. The minimum absolute atomic E-state index is 0.160. The molecule has 4 heteroatoms. The number of pyridine rings is 1. The Labute approximate surface area is 95.1 Å². The number of rotatable bonds is 3. The Hall–Kier alpha value is -1.68. The Balaban J connectivity index is 2.34. The maximum absolute atomic E-state index is 4.38. The van der Waals surface area contributed by atoms with Crippen molar-refractivity contribution in [3.05, 3.63) is 36.4 Å². The minimum Gasteiger partial charge on any atom is -0.339 e. The molecule has 84 valence electrons. The van der Waals surface area contributed by atoms with Crippen LogP contribution in [0.25, 0.3) is 11.4 Å². The van der Waals surface area contributed by atoms with E-state index in [0.717, 1.165) is 17.2 Å². The number of hydrogen-bond donors (Lipinski definition) is 2. The molecule has 0 amide bonds. The van der Waals surface area contributed by atoms with E-state index in [4.69, 9.17) is 0 Å². The Kier molecular flexibility index (Phi) is 2.75. The average molecular weight is 216 g/mol. The Bertz CT molecular complexity index is 459. The van der Waals surface area contributed by atoms with Crippen LogP contribution in [-0.4, -0.2) is 22.0 Å². The summed E-state index contributed by atoms with van der Waals surface area (Å²) >= 11 is 0. The van der Waals surface area contributed by atoms with E-state index in [1.165, 1.54) is 0 Å². The van der Waals surface area contributed by atoms with E-state index in [-0.39, 0.29) is 5.54 Å². The molecule has 0 radical (unpaired) electrons. The van der Waals surface area contributed by atoms with Crippen LogP contribution in [0.5, 0.6) is 0 Å². The fourth-order valence-corrected chi connectivity index (χ4v) is 1.41. The van der Waals surface area contributed by atoms with Crippen molar-refractivity contribution in [3.63, 3.8) is 0 Å². The SMILES string of the molecule is CNC(C)(C)c1ncc(-c2ccccn2)[nH]1. The van der Waals surface area contributed by atoms with Crippen LogP contribution in [0.4, 0.5) is 0 Å². The van der Waals surface area contributed by atoms with Crippen LogP contribution in [0, 0.1) is 0 Å². The molecule has 0 aliphatic rings. The van der Waals surface area contributed by atoms with Crippen molar-refractivity contribution in [1.82, 2.24) is 20.3 Å². The summed E-state index contributed by atoms with van der Waals surface area (Å²) in [6.07, 6.45) is 3.59. The molecule has 2 aromatic heterocycles. The number of nitrogens with one attached hydrogen (secondary N) is 2. The summed E-state index contributed by atoms with van der Waals surface area (Å²) in [5, 5.41) is 3.21. The minimum atomic E-state index is -0.160. The summed E-state index contributed by atoms with van der Waals surface area (Å²) in [6.45, 7) is 4.15. The van der Waals surface area contributed by atoms with Crippen molar-refractivity contribution in [3.8, 4) is 11.4 Å². The molecule has 2 rings (SSSR count). The molecule has 4 nitrogen and oxygen atoms in total. The van der Waals surface area contributed by atoms with Gasteiger partial charge in [-0.25, -0.2) is 4.98 Å². The number of nitrogens with zero attached hydrogens (tertiary/aromatic N) is 2. The Morgan fingerprint density at radius 1 is 1.25 bits per heavy atom. The van der Waals surface area contributed by atoms with Crippen LogP contribution in [0.3, 0.4) is 0 Å². The molecular formula is C12H16N4. The number of hydrogen-bond acceptors (Lipinski definition) is 3. The lowest BCUT2D eigenvalue weighted by Crippen LogP contribution is -2.34. The molecule has 2 N–H and O–H groups in total. The van der Waals surface area contributed by atoms with Gasteiger partial charge in [-0.1, -0.05) is 6.07 Å². The second-order valence-corrected chi connectivity index (χ2v) is 4.24. The van der Waals surface area contributed by atoms with Crippen LogP contribution in [0.15, 0.2) is 30.6 Å². The molecule has 0 bridgehead atoms. The van der Waals surface area contributed by atoms with Gasteiger partial charge in [-0.05, 0) is 33.0 Å². The first-order chi connectivity index (χ1) is 7.63. The summed E-state index contributed by atoms with van der Waals surface area (Å²) in [7, 11) is 1.92. The van der Waals surface area contributed by atoms with Gasteiger partial charge in [0.15, 0.2) is 0 Å². The fraction of sp³-hybridized carbons (Fsp3) is 0.333. The van der Waals surface area contributed by atoms with Crippen molar-refractivity contribution in [1.29, 1.82) is 0 Å². The smallest absolute Gasteiger partial charge is 0.126 e. The standard InChI is InChI=1S/C12H16N4/c1-12(2,13-3)11-15-8-10(16-11)9-6-4-5-7-14-9/h4-8,13H,1-3H3,(H,15,16). The lowest BCUT2D eigenvalue weighted by atomic mass is 10.1. The van der Waals surface area contributed by atoms with Crippen molar-refractivity contribution in [2.24, 2.45) is 0 Å². The normalized spacial score (nSPS) is 11.7. The zero-order chi connectivity index (χ0) is 11.6. The van der Waals surface area contributed by atoms with Crippen molar-refractivity contribution >= 4 is 0 Å². The predicted molar refractivity (Wildman–Crippen MR) is 63.9 cm³/mol. The molecule has 0 fully saturated rings. The second kappa shape index (κ2) is 4.06. The first-order valence-corrected chi connectivity index (χ1v) is 5.29. The fourth-order valence-electron chi connectivity index (χ4n) is 1.41. The van der Waals surface area contributed by atoms with Gasteiger partial charge in [0.25, 0.3) is 0 Å². The van der Waals surface area contributed by atoms with Gasteiger partial charge >= 0.3 is 0 Å². The topological polar surface area (TPSA) is 53.6 Å². The van der Waals surface area contributed by atoms with E-state index < -0.39 is 0 Å². The quantitative estimate of drug-likeness (QED) is 0.824. The van der Waals surface area contributed by atoms with Gasteiger partial charge in [0.1, 0.15) is 5.82 Å². The van der Waals surface area contributed by atoms with Gasteiger partial charge in [-0.15, -0.1) is 0 Å². The maximum atomic E-state index is 4.38. The summed E-state index contributed by atoms with van der Waals surface area (Å²) in [6, 6.07) is 5.83. The Morgan fingerprint density at radius 3 is 2.69 bits per heavy atom. The van der Waals surface area contributed by atoms with Gasteiger partial charge in [0.2, 0.25) is 0 Å². The van der Waals surface area contributed by atoms with Gasteiger partial charge in [0.05, 0.1) is 23.1 Å². The molecule has 0 aliphatic carbocycles. The van der Waals surface area contributed by atoms with E-state index in [2.05, 4.69) is 34.1 Å². The molecule has 0 unspecified atom stereocenters. The van der Waals surface area contributed by atoms with Gasteiger partial charge in [0, 0.05) is 6.20 Å². The Morgan fingerprint density at radius 2 is 2.06 bits per heavy atom.